The number of benzene rings is 2. The predicted octanol–water partition coefficient (Wildman–Crippen LogP) is 4.66. The fraction of sp³-hybridized carbons (Fsp3) is 0.286. The summed E-state index contributed by atoms with van der Waals surface area (Å²) in [4.78, 5) is 2.32. The molecular weight excluding hydrogens is 434 g/mol. The Hall–Kier alpha value is -2.25. The van der Waals surface area contributed by atoms with Crippen molar-refractivity contribution in [3.05, 3.63) is 58.7 Å². The summed E-state index contributed by atoms with van der Waals surface area (Å²) in [5.41, 5.74) is 2.23. The third-order valence-electron chi connectivity index (χ3n) is 5.13. The van der Waals surface area contributed by atoms with E-state index in [-0.39, 0.29) is 0 Å². The summed E-state index contributed by atoms with van der Waals surface area (Å²) in [6, 6.07) is 14.7. The number of para-hydroxylation sites is 1. The van der Waals surface area contributed by atoms with E-state index in [2.05, 4.69) is 66.8 Å². The van der Waals surface area contributed by atoms with Gasteiger partial charge in [-0.1, -0.05) is 40.2 Å². The van der Waals surface area contributed by atoms with Gasteiger partial charge in [0, 0.05) is 40.1 Å². The Morgan fingerprint density at radius 3 is 2.75 bits per heavy atom. The van der Waals surface area contributed by atoms with Crippen LogP contribution in [0.1, 0.15) is 18.4 Å². The van der Waals surface area contributed by atoms with E-state index in [1.807, 2.05) is 30.5 Å². The Kier molecular flexibility index (Phi) is 5.73. The molecule has 1 aromatic heterocycles. The largest absolute Gasteiger partial charge is 0.360 e. The smallest absolute Gasteiger partial charge is 0.171 e. The van der Waals surface area contributed by atoms with Crippen LogP contribution >= 0.6 is 28.1 Å². The van der Waals surface area contributed by atoms with Gasteiger partial charge in [-0.15, -0.1) is 5.10 Å². The first-order valence-corrected chi connectivity index (χ1v) is 10.6. The van der Waals surface area contributed by atoms with E-state index >= 15 is 0 Å². The van der Waals surface area contributed by atoms with Gasteiger partial charge >= 0.3 is 0 Å². The first-order chi connectivity index (χ1) is 13.6. The van der Waals surface area contributed by atoms with Crippen LogP contribution in [0.3, 0.4) is 0 Å². The molecule has 1 aliphatic heterocycles. The average molecular weight is 456 g/mol. The Balaban J connectivity index is 1.38. The van der Waals surface area contributed by atoms with E-state index in [9.17, 15) is 0 Å². The highest BCUT2D eigenvalue weighted by Crippen LogP contribution is 2.28. The van der Waals surface area contributed by atoms with Crippen LogP contribution in [0.15, 0.2) is 53.1 Å². The summed E-state index contributed by atoms with van der Waals surface area (Å²) in [6.07, 6.45) is 3.82. The topological polar surface area (TPSA) is 53.1 Å². The molecule has 0 saturated carbocycles. The van der Waals surface area contributed by atoms with Gasteiger partial charge in [0.15, 0.2) is 10.9 Å². The summed E-state index contributed by atoms with van der Waals surface area (Å²) in [7, 11) is 0. The molecule has 1 fully saturated rings. The maximum Gasteiger partial charge on any atom is 0.171 e. The van der Waals surface area contributed by atoms with Crippen molar-refractivity contribution in [2.45, 2.75) is 25.8 Å². The highest BCUT2D eigenvalue weighted by atomic mass is 79.9. The van der Waals surface area contributed by atoms with Crippen LogP contribution in [-0.4, -0.2) is 34.4 Å². The van der Waals surface area contributed by atoms with Gasteiger partial charge in [0.2, 0.25) is 0 Å². The van der Waals surface area contributed by atoms with Crippen LogP contribution in [0, 0.1) is 6.92 Å². The lowest BCUT2D eigenvalue weighted by molar-refractivity contribution is 0.466. The molecule has 0 spiro atoms. The highest BCUT2D eigenvalue weighted by molar-refractivity contribution is 9.10. The predicted molar refractivity (Wildman–Crippen MR) is 123 cm³/mol. The van der Waals surface area contributed by atoms with Gasteiger partial charge in [0.05, 0.1) is 6.20 Å². The minimum absolute atomic E-state index is 0.356. The molecule has 0 aliphatic carbocycles. The summed E-state index contributed by atoms with van der Waals surface area (Å²) in [5, 5.41) is 18.3. The van der Waals surface area contributed by atoms with Crippen molar-refractivity contribution < 1.29 is 0 Å². The van der Waals surface area contributed by atoms with Crippen molar-refractivity contribution in [2.24, 2.45) is 0 Å². The van der Waals surface area contributed by atoms with Gasteiger partial charge in [0.25, 0.3) is 0 Å². The maximum absolute atomic E-state index is 5.51. The molecule has 4 rings (SSSR count). The minimum Gasteiger partial charge on any atom is -0.360 e. The number of hydrogen-bond acceptors (Lipinski definition) is 4. The number of aromatic nitrogens is 2. The molecule has 2 N–H and O–H groups in total. The molecule has 0 amide bonds. The van der Waals surface area contributed by atoms with Crippen LogP contribution < -0.4 is 15.5 Å². The molecule has 28 heavy (non-hydrogen) atoms. The lowest BCUT2D eigenvalue weighted by Crippen LogP contribution is -2.46. The van der Waals surface area contributed by atoms with Crippen molar-refractivity contribution in [1.29, 1.82) is 0 Å². The minimum atomic E-state index is 0.356. The van der Waals surface area contributed by atoms with Crippen LogP contribution in [0.5, 0.6) is 0 Å². The zero-order chi connectivity index (χ0) is 19.5. The first-order valence-electron chi connectivity index (χ1n) is 9.39. The van der Waals surface area contributed by atoms with Gasteiger partial charge in [0.1, 0.15) is 0 Å². The molecule has 1 saturated heterocycles. The van der Waals surface area contributed by atoms with Crippen LogP contribution in [-0.2, 0) is 0 Å². The summed E-state index contributed by atoms with van der Waals surface area (Å²) < 4.78 is 1.05. The normalized spacial score (nSPS) is 14.9. The second-order valence-corrected chi connectivity index (χ2v) is 8.40. The van der Waals surface area contributed by atoms with E-state index in [1.165, 1.54) is 5.56 Å². The fourth-order valence-corrected chi connectivity index (χ4v) is 4.20. The molecular formula is C21H22BrN5S. The lowest BCUT2D eigenvalue weighted by Gasteiger charge is -2.34. The third-order valence-corrected chi connectivity index (χ3v) is 5.84. The van der Waals surface area contributed by atoms with Crippen LogP contribution in [0.2, 0.25) is 0 Å². The number of nitrogens with one attached hydrogen (secondary N) is 2. The zero-order valence-electron chi connectivity index (χ0n) is 15.7. The second-order valence-electron chi connectivity index (χ2n) is 7.07. The number of aryl methyl sites for hydroxylation is 1. The number of thiocarbonyl (C=S) groups is 1. The Morgan fingerprint density at radius 1 is 1.18 bits per heavy atom. The van der Waals surface area contributed by atoms with Crippen molar-refractivity contribution in [3.8, 4) is 0 Å². The number of hydrogen-bond donors (Lipinski definition) is 2. The number of anilines is 2. The number of rotatable bonds is 3. The fourth-order valence-electron chi connectivity index (χ4n) is 3.56. The van der Waals surface area contributed by atoms with Crippen molar-refractivity contribution in [2.75, 3.05) is 23.3 Å². The summed E-state index contributed by atoms with van der Waals surface area (Å²) >= 11 is 9.08. The molecule has 144 valence electrons. The molecule has 5 nitrogen and oxygen atoms in total. The third kappa shape index (κ3) is 4.25. The van der Waals surface area contributed by atoms with Crippen molar-refractivity contribution in [1.82, 2.24) is 15.5 Å². The van der Waals surface area contributed by atoms with Gasteiger partial charge in [-0.2, -0.15) is 5.10 Å². The molecule has 2 heterocycles. The second kappa shape index (κ2) is 8.41. The van der Waals surface area contributed by atoms with Crippen molar-refractivity contribution in [3.63, 3.8) is 0 Å². The Labute approximate surface area is 178 Å². The van der Waals surface area contributed by atoms with E-state index < -0.39 is 0 Å². The van der Waals surface area contributed by atoms with E-state index in [4.69, 9.17) is 12.2 Å². The molecule has 0 unspecified atom stereocenters. The lowest BCUT2D eigenvalue weighted by atomic mass is 10.0. The number of nitrogens with zero attached hydrogens (tertiary/aromatic N) is 3. The summed E-state index contributed by atoms with van der Waals surface area (Å²) in [5.74, 6) is 0.956. The number of fused-ring (bicyclic) bond motifs is 1. The van der Waals surface area contributed by atoms with Crippen LogP contribution in [0.25, 0.3) is 10.8 Å². The van der Waals surface area contributed by atoms with E-state index in [0.717, 1.165) is 52.7 Å². The standard InChI is InChI=1S/C21H22BrN5S/c1-14-4-2-3-5-19(14)25-21(28)24-17-8-10-27(11-9-17)20-18-12-16(22)7-6-15(18)13-23-26-20/h2-7,12-13,17H,8-11H2,1H3,(H2,24,25,28). The quantitative estimate of drug-likeness (QED) is 0.560. The zero-order valence-corrected chi connectivity index (χ0v) is 18.1. The van der Waals surface area contributed by atoms with Gasteiger partial charge in [-0.3, -0.25) is 0 Å². The van der Waals surface area contributed by atoms with Gasteiger partial charge < -0.3 is 15.5 Å². The molecule has 3 aromatic rings. The van der Waals surface area contributed by atoms with Crippen LogP contribution in [0.4, 0.5) is 11.5 Å². The molecule has 0 atom stereocenters. The van der Waals surface area contributed by atoms with Crippen molar-refractivity contribution >= 4 is 55.5 Å². The molecule has 2 aromatic carbocycles. The average Bonchev–Trinajstić information content (AvgIpc) is 2.70. The summed E-state index contributed by atoms with van der Waals surface area (Å²) in [6.45, 7) is 3.92. The van der Waals surface area contributed by atoms with E-state index in [1.54, 1.807) is 0 Å². The Bertz CT molecular complexity index is 1000. The maximum atomic E-state index is 5.51. The monoisotopic (exact) mass is 455 g/mol. The first kappa shape index (κ1) is 19.1. The van der Waals surface area contributed by atoms with Gasteiger partial charge in [-0.05, 0) is 55.7 Å². The molecule has 7 heteroatoms. The Morgan fingerprint density at radius 2 is 1.96 bits per heavy atom. The highest BCUT2D eigenvalue weighted by Gasteiger charge is 2.22. The SMILES string of the molecule is Cc1ccccc1NC(=S)NC1CCN(c2nncc3ccc(Br)cc23)CC1. The van der Waals surface area contributed by atoms with Gasteiger partial charge in [-0.25, -0.2) is 0 Å². The number of halogens is 1. The molecule has 1 aliphatic rings. The molecule has 0 bridgehead atoms. The van der Waals surface area contributed by atoms with E-state index in [0.29, 0.717) is 11.2 Å². The molecule has 0 radical (unpaired) electrons. The number of piperidine rings is 1.